The maximum atomic E-state index is 6.08. The highest BCUT2D eigenvalue weighted by Crippen LogP contribution is 2.22. The first-order chi connectivity index (χ1) is 7.27. The zero-order chi connectivity index (χ0) is 11.1. The van der Waals surface area contributed by atoms with Crippen molar-refractivity contribution in [2.45, 2.75) is 6.42 Å². The fourth-order valence-corrected chi connectivity index (χ4v) is 1.52. The molecule has 0 aliphatic carbocycles. The number of hydrogen-bond donors (Lipinski definition) is 1. The number of methoxy groups -OCH3 is 2. The molecule has 1 rings (SSSR count). The van der Waals surface area contributed by atoms with Crippen LogP contribution in [0.1, 0.15) is 5.56 Å². The molecule has 15 heavy (non-hydrogen) atoms. The first-order valence-electron chi connectivity index (χ1n) is 4.80. The van der Waals surface area contributed by atoms with Crippen LogP contribution in [0.4, 0.5) is 0 Å². The fraction of sp³-hybridized carbons (Fsp3) is 0.455. The summed E-state index contributed by atoms with van der Waals surface area (Å²) in [5, 5.41) is 3.87. The van der Waals surface area contributed by atoms with Gasteiger partial charge in [0, 0.05) is 18.7 Å². The van der Waals surface area contributed by atoms with Crippen molar-refractivity contribution < 1.29 is 9.47 Å². The summed E-state index contributed by atoms with van der Waals surface area (Å²) >= 11 is 6.08. The molecule has 0 heterocycles. The molecule has 1 N–H and O–H groups in total. The van der Waals surface area contributed by atoms with Crippen molar-refractivity contribution in [2.24, 2.45) is 0 Å². The van der Waals surface area contributed by atoms with Crippen molar-refractivity contribution in [3.63, 3.8) is 0 Å². The van der Waals surface area contributed by atoms with Crippen molar-refractivity contribution >= 4 is 11.6 Å². The predicted octanol–water partition coefficient (Wildman–Crippen LogP) is 2.08. The van der Waals surface area contributed by atoms with Crippen LogP contribution in [0.3, 0.4) is 0 Å². The van der Waals surface area contributed by atoms with Gasteiger partial charge in [-0.3, -0.25) is 5.32 Å². The van der Waals surface area contributed by atoms with E-state index >= 15 is 0 Å². The molecule has 0 atom stereocenters. The predicted molar refractivity (Wildman–Crippen MR) is 61.6 cm³/mol. The topological polar surface area (TPSA) is 30.5 Å². The monoisotopic (exact) mass is 229 g/mol. The summed E-state index contributed by atoms with van der Waals surface area (Å²) in [6.45, 7) is 1.41. The first kappa shape index (κ1) is 12.3. The molecule has 0 radical (unpaired) electrons. The second-order valence-electron chi connectivity index (χ2n) is 3.14. The summed E-state index contributed by atoms with van der Waals surface area (Å²) in [6, 6.07) is 5.72. The molecule has 0 saturated heterocycles. The second-order valence-corrected chi connectivity index (χ2v) is 3.55. The third-order valence-corrected chi connectivity index (χ3v) is 2.43. The van der Waals surface area contributed by atoms with Gasteiger partial charge in [-0.25, -0.2) is 0 Å². The molecule has 0 aliphatic heterocycles. The fourth-order valence-electron chi connectivity index (χ4n) is 1.26. The molecule has 4 heteroatoms. The Bertz CT molecular complexity index is 305. The molecule has 1 aromatic carbocycles. The van der Waals surface area contributed by atoms with E-state index in [9.17, 15) is 0 Å². The van der Waals surface area contributed by atoms with Crippen LogP contribution in [0.25, 0.3) is 0 Å². The van der Waals surface area contributed by atoms with E-state index < -0.39 is 0 Å². The van der Waals surface area contributed by atoms with E-state index in [1.165, 1.54) is 0 Å². The standard InChI is InChI=1S/C11H16ClNO2/c1-14-8-13-6-5-9-3-4-10(15-2)7-11(9)12/h3-4,7,13H,5-6,8H2,1-2H3. The summed E-state index contributed by atoms with van der Waals surface area (Å²) in [7, 11) is 3.29. The van der Waals surface area contributed by atoms with Crippen LogP contribution in [0.2, 0.25) is 5.02 Å². The number of hydrogen-bond acceptors (Lipinski definition) is 3. The number of rotatable bonds is 6. The molecule has 0 aliphatic rings. The van der Waals surface area contributed by atoms with Gasteiger partial charge in [0.25, 0.3) is 0 Å². The minimum absolute atomic E-state index is 0.563. The van der Waals surface area contributed by atoms with E-state index in [-0.39, 0.29) is 0 Å². The number of benzene rings is 1. The van der Waals surface area contributed by atoms with Gasteiger partial charge < -0.3 is 9.47 Å². The average Bonchev–Trinajstić information content (AvgIpc) is 2.26. The van der Waals surface area contributed by atoms with Crippen molar-refractivity contribution in [3.05, 3.63) is 28.8 Å². The molecule has 0 amide bonds. The van der Waals surface area contributed by atoms with Gasteiger partial charge >= 0.3 is 0 Å². The average molecular weight is 230 g/mol. The molecule has 0 aromatic heterocycles. The summed E-state index contributed by atoms with van der Waals surface area (Å²) in [5.74, 6) is 0.786. The van der Waals surface area contributed by atoms with Gasteiger partial charge in [-0.1, -0.05) is 17.7 Å². The van der Waals surface area contributed by atoms with Crippen molar-refractivity contribution in [2.75, 3.05) is 27.5 Å². The van der Waals surface area contributed by atoms with Gasteiger partial charge in [0.05, 0.1) is 13.8 Å². The van der Waals surface area contributed by atoms with Gasteiger partial charge in [0.15, 0.2) is 0 Å². The molecule has 84 valence electrons. The SMILES string of the molecule is COCNCCc1ccc(OC)cc1Cl. The maximum Gasteiger partial charge on any atom is 0.120 e. The Labute approximate surface area is 95.3 Å². The molecule has 0 bridgehead atoms. The lowest BCUT2D eigenvalue weighted by atomic mass is 10.1. The lowest BCUT2D eigenvalue weighted by molar-refractivity contribution is 0.176. The summed E-state index contributed by atoms with van der Waals surface area (Å²) in [4.78, 5) is 0. The van der Waals surface area contributed by atoms with E-state index in [4.69, 9.17) is 21.1 Å². The third-order valence-electron chi connectivity index (χ3n) is 2.08. The van der Waals surface area contributed by atoms with E-state index in [1.54, 1.807) is 14.2 Å². The highest BCUT2D eigenvalue weighted by Gasteiger charge is 2.01. The van der Waals surface area contributed by atoms with E-state index in [2.05, 4.69) is 5.32 Å². The Kier molecular flexibility index (Phi) is 5.47. The summed E-state index contributed by atoms with van der Waals surface area (Å²) < 4.78 is 9.96. The Morgan fingerprint density at radius 3 is 2.73 bits per heavy atom. The molecule has 0 saturated carbocycles. The summed E-state index contributed by atoms with van der Waals surface area (Å²) in [6.07, 6.45) is 0.881. The smallest absolute Gasteiger partial charge is 0.120 e. The minimum Gasteiger partial charge on any atom is -0.497 e. The van der Waals surface area contributed by atoms with Crippen molar-refractivity contribution in [3.8, 4) is 5.75 Å². The molecular formula is C11H16ClNO2. The molecule has 0 fully saturated rings. The number of ether oxygens (including phenoxy) is 2. The zero-order valence-electron chi connectivity index (χ0n) is 9.05. The highest BCUT2D eigenvalue weighted by molar-refractivity contribution is 6.31. The Morgan fingerprint density at radius 2 is 2.13 bits per heavy atom. The van der Waals surface area contributed by atoms with E-state index in [1.807, 2.05) is 18.2 Å². The van der Waals surface area contributed by atoms with E-state index in [0.29, 0.717) is 6.73 Å². The van der Waals surface area contributed by atoms with Crippen LogP contribution in [0, 0.1) is 0 Å². The molecular weight excluding hydrogens is 214 g/mol. The quantitative estimate of drug-likeness (QED) is 0.599. The van der Waals surface area contributed by atoms with Crippen LogP contribution in [-0.4, -0.2) is 27.5 Å². The van der Waals surface area contributed by atoms with Gasteiger partial charge in [0.1, 0.15) is 5.75 Å². The van der Waals surface area contributed by atoms with Crippen LogP contribution < -0.4 is 10.1 Å². The van der Waals surface area contributed by atoms with Gasteiger partial charge in [-0.05, 0) is 24.1 Å². The highest BCUT2D eigenvalue weighted by atomic mass is 35.5. The van der Waals surface area contributed by atoms with Crippen LogP contribution >= 0.6 is 11.6 Å². The molecule has 3 nitrogen and oxygen atoms in total. The first-order valence-corrected chi connectivity index (χ1v) is 5.17. The van der Waals surface area contributed by atoms with Crippen molar-refractivity contribution in [1.29, 1.82) is 0 Å². The largest absolute Gasteiger partial charge is 0.497 e. The van der Waals surface area contributed by atoms with Crippen molar-refractivity contribution in [1.82, 2.24) is 5.32 Å². The number of halogens is 1. The Balaban J connectivity index is 2.47. The third kappa shape index (κ3) is 4.08. The van der Waals surface area contributed by atoms with Crippen LogP contribution in [-0.2, 0) is 11.2 Å². The summed E-state index contributed by atoms with van der Waals surface area (Å²) in [5.41, 5.74) is 1.11. The van der Waals surface area contributed by atoms with Crippen LogP contribution in [0.15, 0.2) is 18.2 Å². The normalized spacial score (nSPS) is 10.3. The zero-order valence-corrected chi connectivity index (χ0v) is 9.80. The van der Waals surface area contributed by atoms with Gasteiger partial charge in [0.2, 0.25) is 0 Å². The van der Waals surface area contributed by atoms with E-state index in [0.717, 1.165) is 29.3 Å². The molecule has 0 unspecified atom stereocenters. The molecule has 0 spiro atoms. The second kappa shape index (κ2) is 6.67. The molecule has 1 aromatic rings. The Morgan fingerprint density at radius 1 is 1.33 bits per heavy atom. The minimum atomic E-state index is 0.563. The Hall–Kier alpha value is -0.770. The maximum absolute atomic E-state index is 6.08. The lowest BCUT2D eigenvalue weighted by Crippen LogP contribution is -2.19. The van der Waals surface area contributed by atoms with Crippen LogP contribution in [0.5, 0.6) is 5.75 Å². The lowest BCUT2D eigenvalue weighted by Gasteiger charge is -2.07. The van der Waals surface area contributed by atoms with Gasteiger partial charge in [-0.2, -0.15) is 0 Å². The number of nitrogens with one attached hydrogen (secondary N) is 1. The van der Waals surface area contributed by atoms with Gasteiger partial charge in [-0.15, -0.1) is 0 Å².